The van der Waals surface area contributed by atoms with Crippen molar-refractivity contribution in [1.29, 1.82) is 0 Å². The molecule has 1 amide bonds. The number of hydrogen-bond acceptors (Lipinski definition) is 3. The maximum Gasteiger partial charge on any atom is 0.242 e. The van der Waals surface area contributed by atoms with Crippen LogP contribution in [0.25, 0.3) is 0 Å². The first-order chi connectivity index (χ1) is 9.65. The lowest BCUT2D eigenvalue weighted by Crippen LogP contribution is -2.37. The van der Waals surface area contributed by atoms with Crippen LogP contribution in [0.5, 0.6) is 0 Å². The minimum absolute atomic E-state index is 0.0443. The molecule has 1 aromatic carbocycles. The number of benzene rings is 1. The van der Waals surface area contributed by atoms with Gasteiger partial charge in [0.15, 0.2) is 0 Å². The third kappa shape index (κ3) is 4.09. The molecule has 0 spiro atoms. The van der Waals surface area contributed by atoms with Crippen LogP contribution < -0.4 is 10.6 Å². The predicted molar refractivity (Wildman–Crippen MR) is 80.3 cm³/mol. The number of aromatic nitrogens is 1. The van der Waals surface area contributed by atoms with E-state index < -0.39 is 0 Å². The second-order valence-corrected chi connectivity index (χ2v) is 4.73. The van der Waals surface area contributed by atoms with Crippen molar-refractivity contribution in [1.82, 2.24) is 10.3 Å². The van der Waals surface area contributed by atoms with Gasteiger partial charge in [-0.3, -0.25) is 4.79 Å². The van der Waals surface area contributed by atoms with Gasteiger partial charge in [-0.25, -0.2) is 4.98 Å². The van der Waals surface area contributed by atoms with Gasteiger partial charge in [0.05, 0.1) is 0 Å². The highest BCUT2D eigenvalue weighted by Gasteiger charge is 2.12. The Hall–Kier alpha value is -2.36. The molecule has 0 saturated heterocycles. The normalized spacial score (nSPS) is 11.7. The molecule has 0 bridgehead atoms. The molecule has 20 heavy (non-hydrogen) atoms. The fraction of sp³-hybridized carbons (Fsp3) is 0.250. The maximum absolute atomic E-state index is 12.0. The lowest BCUT2D eigenvalue weighted by Gasteiger charge is -2.15. The number of aryl methyl sites for hydroxylation is 1. The van der Waals surface area contributed by atoms with Crippen molar-refractivity contribution in [3.8, 4) is 0 Å². The van der Waals surface area contributed by atoms with Crippen molar-refractivity contribution in [3.05, 3.63) is 59.8 Å². The summed E-state index contributed by atoms with van der Waals surface area (Å²) in [5.41, 5.74) is 2.01. The Labute approximate surface area is 119 Å². The van der Waals surface area contributed by atoms with Crippen LogP contribution in [0.2, 0.25) is 0 Å². The summed E-state index contributed by atoms with van der Waals surface area (Å²) in [6, 6.07) is 15.2. The van der Waals surface area contributed by atoms with Crippen LogP contribution in [0, 0.1) is 6.92 Å². The third-order valence-corrected chi connectivity index (χ3v) is 2.96. The molecule has 4 nitrogen and oxygen atoms in total. The lowest BCUT2D eigenvalue weighted by atomic mass is 10.2. The molecule has 2 aromatic rings. The Kier molecular flexibility index (Phi) is 4.71. The first-order valence-electron chi connectivity index (χ1n) is 6.67. The number of hydrogen-bond donors (Lipinski definition) is 2. The van der Waals surface area contributed by atoms with Crippen LogP contribution in [0.4, 0.5) is 5.82 Å². The SMILES string of the molecule is Cc1cccc(NC(C)C(=O)NCc2ccccc2)n1. The largest absolute Gasteiger partial charge is 0.359 e. The quantitative estimate of drug-likeness (QED) is 0.877. The summed E-state index contributed by atoms with van der Waals surface area (Å²) in [5, 5.41) is 6.00. The predicted octanol–water partition coefficient (Wildman–Crippen LogP) is 2.51. The summed E-state index contributed by atoms with van der Waals surface area (Å²) < 4.78 is 0. The average Bonchev–Trinajstić information content (AvgIpc) is 2.46. The minimum Gasteiger partial charge on any atom is -0.359 e. The van der Waals surface area contributed by atoms with Crippen LogP contribution >= 0.6 is 0 Å². The van der Waals surface area contributed by atoms with Crippen LogP contribution in [0.3, 0.4) is 0 Å². The van der Waals surface area contributed by atoms with E-state index in [-0.39, 0.29) is 11.9 Å². The number of anilines is 1. The molecule has 2 rings (SSSR count). The van der Waals surface area contributed by atoms with Crippen molar-refractivity contribution >= 4 is 11.7 Å². The van der Waals surface area contributed by atoms with Gasteiger partial charge in [-0.05, 0) is 31.5 Å². The van der Waals surface area contributed by atoms with E-state index in [1.54, 1.807) is 0 Å². The van der Waals surface area contributed by atoms with Gasteiger partial charge in [0.2, 0.25) is 5.91 Å². The second-order valence-electron chi connectivity index (χ2n) is 4.73. The Morgan fingerprint density at radius 1 is 1.15 bits per heavy atom. The second kappa shape index (κ2) is 6.70. The van der Waals surface area contributed by atoms with Gasteiger partial charge >= 0.3 is 0 Å². The molecule has 4 heteroatoms. The molecule has 0 aliphatic heterocycles. The minimum atomic E-state index is -0.326. The number of carbonyl (C=O) groups is 1. The summed E-state index contributed by atoms with van der Waals surface area (Å²) in [4.78, 5) is 16.3. The summed E-state index contributed by atoms with van der Waals surface area (Å²) in [6.07, 6.45) is 0. The zero-order valence-corrected chi connectivity index (χ0v) is 11.8. The zero-order chi connectivity index (χ0) is 14.4. The molecular weight excluding hydrogens is 250 g/mol. The molecule has 0 saturated carbocycles. The first-order valence-corrected chi connectivity index (χ1v) is 6.67. The van der Waals surface area contributed by atoms with Gasteiger partial charge in [-0.2, -0.15) is 0 Å². The molecule has 0 radical (unpaired) electrons. The van der Waals surface area contributed by atoms with Crippen molar-refractivity contribution in [2.75, 3.05) is 5.32 Å². The Balaban J connectivity index is 1.86. The van der Waals surface area contributed by atoms with Crippen LogP contribution in [-0.2, 0) is 11.3 Å². The molecule has 0 aliphatic rings. The molecule has 0 fully saturated rings. The third-order valence-electron chi connectivity index (χ3n) is 2.96. The molecule has 1 heterocycles. The number of carbonyl (C=O) groups excluding carboxylic acids is 1. The highest BCUT2D eigenvalue weighted by atomic mass is 16.2. The summed E-state index contributed by atoms with van der Waals surface area (Å²) >= 11 is 0. The number of nitrogens with zero attached hydrogens (tertiary/aromatic N) is 1. The Morgan fingerprint density at radius 3 is 2.60 bits per heavy atom. The van der Waals surface area contributed by atoms with Gasteiger partial charge in [-0.15, -0.1) is 0 Å². The van der Waals surface area contributed by atoms with Crippen LogP contribution in [0.1, 0.15) is 18.2 Å². The fourth-order valence-corrected chi connectivity index (χ4v) is 1.85. The molecule has 2 N–H and O–H groups in total. The maximum atomic E-state index is 12.0. The van der Waals surface area contributed by atoms with Gasteiger partial charge in [0.25, 0.3) is 0 Å². The number of nitrogens with one attached hydrogen (secondary N) is 2. The van der Waals surface area contributed by atoms with E-state index in [0.717, 1.165) is 11.3 Å². The number of pyridine rings is 1. The van der Waals surface area contributed by atoms with Gasteiger partial charge in [0.1, 0.15) is 11.9 Å². The van der Waals surface area contributed by atoms with Gasteiger partial charge in [0, 0.05) is 12.2 Å². The van der Waals surface area contributed by atoms with Crippen molar-refractivity contribution in [2.45, 2.75) is 26.4 Å². The Bertz CT molecular complexity index is 569. The van der Waals surface area contributed by atoms with Crippen molar-refractivity contribution in [2.24, 2.45) is 0 Å². The van der Waals surface area contributed by atoms with E-state index in [0.29, 0.717) is 12.4 Å². The van der Waals surface area contributed by atoms with E-state index in [9.17, 15) is 4.79 Å². The molecule has 0 aliphatic carbocycles. The van der Waals surface area contributed by atoms with Gasteiger partial charge < -0.3 is 10.6 Å². The summed E-state index contributed by atoms with van der Waals surface area (Å²) in [6.45, 7) is 4.28. The first kappa shape index (κ1) is 14.1. The fourth-order valence-electron chi connectivity index (χ4n) is 1.85. The standard InChI is InChI=1S/C16H19N3O/c1-12-7-6-10-15(18-12)19-13(2)16(20)17-11-14-8-4-3-5-9-14/h3-10,13H,11H2,1-2H3,(H,17,20)(H,18,19). The van der Waals surface area contributed by atoms with Crippen LogP contribution in [0.15, 0.2) is 48.5 Å². The summed E-state index contributed by atoms with van der Waals surface area (Å²) in [7, 11) is 0. The van der Waals surface area contributed by atoms with E-state index in [1.165, 1.54) is 0 Å². The monoisotopic (exact) mass is 269 g/mol. The molecule has 1 atom stereocenters. The van der Waals surface area contributed by atoms with Crippen molar-refractivity contribution < 1.29 is 4.79 Å². The van der Waals surface area contributed by atoms with Gasteiger partial charge in [-0.1, -0.05) is 36.4 Å². The highest BCUT2D eigenvalue weighted by molar-refractivity contribution is 5.83. The number of amides is 1. The smallest absolute Gasteiger partial charge is 0.242 e. The molecular formula is C16H19N3O. The zero-order valence-electron chi connectivity index (χ0n) is 11.8. The van der Waals surface area contributed by atoms with E-state index in [4.69, 9.17) is 0 Å². The average molecular weight is 269 g/mol. The lowest BCUT2D eigenvalue weighted by molar-refractivity contribution is -0.121. The van der Waals surface area contributed by atoms with Crippen molar-refractivity contribution in [3.63, 3.8) is 0 Å². The molecule has 1 unspecified atom stereocenters. The van der Waals surface area contributed by atoms with E-state index >= 15 is 0 Å². The van der Waals surface area contributed by atoms with Crippen LogP contribution in [-0.4, -0.2) is 16.9 Å². The molecule has 1 aromatic heterocycles. The highest BCUT2D eigenvalue weighted by Crippen LogP contribution is 2.06. The Morgan fingerprint density at radius 2 is 1.90 bits per heavy atom. The van der Waals surface area contributed by atoms with E-state index in [1.807, 2.05) is 62.4 Å². The number of rotatable bonds is 5. The van der Waals surface area contributed by atoms with E-state index in [2.05, 4.69) is 15.6 Å². The molecule has 104 valence electrons. The topological polar surface area (TPSA) is 54.0 Å². The summed E-state index contributed by atoms with van der Waals surface area (Å²) in [5.74, 6) is 0.671.